The Morgan fingerprint density at radius 3 is 2.27 bits per heavy atom. The van der Waals surface area contributed by atoms with Gasteiger partial charge in [-0.15, -0.1) is 0 Å². The first-order valence-corrected chi connectivity index (χ1v) is 4.86. The first kappa shape index (κ1) is 12.8. The molecular weight excluding hydrogens is 202 g/mol. The molecule has 1 aliphatic heterocycles. The fraction of sp³-hybridized carbons (Fsp3) is 1.00. The Kier molecular flexibility index (Phi) is 4.91. The van der Waals surface area contributed by atoms with Gasteiger partial charge in [0.25, 0.3) is 0 Å². The molecule has 15 heavy (non-hydrogen) atoms. The number of hydrogen-bond donors (Lipinski definition) is 3. The maximum atomic E-state index is 9.65. The van der Waals surface area contributed by atoms with Crippen LogP contribution in [0.2, 0.25) is 0 Å². The van der Waals surface area contributed by atoms with Gasteiger partial charge < -0.3 is 29.7 Å². The average Bonchev–Trinajstić information content (AvgIpc) is 2.27. The van der Waals surface area contributed by atoms with Gasteiger partial charge in [0.2, 0.25) is 0 Å². The van der Waals surface area contributed by atoms with Crippen LogP contribution in [-0.2, 0) is 14.2 Å². The molecule has 1 fully saturated rings. The van der Waals surface area contributed by atoms with Crippen LogP contribution in [0.1, 0.15) is 0 Å². The molecule has 0 saturated carbocycles. The van der Waals surface area contributed by atoms with Crippen molar-refractivity contribution in [2.45, 2.75) is 30.6 Å². The van der Waals surface area contributed by atoms with Gasteiger partial charge in [0.15, 0.2) is 6.29 Å². The summed E-state index contributed by atoms with van der Waals surface area (Å²) in [6, 6.07) is -0.372. The second kappa shape index (κ2) is 5.74. The van der Waals surface area contributed by atoms with Crippen LogP contribution in [0.25, 0.3) is 0 Å². The quantitative estimate of drug-likeness (QED) is 0.526. The Hall–Kier alpha value is -0.240. The Morgan fingerprint density at radius 1 is 1.27 bits per heavy atom. The third-order valence-electron chi connectivity index (χ3n) is 2.72. The molecule has 0 aromatic heterocycles. The van der Waals surface area contributed by atoms with Crippen molar-refractivity contribution in [3.8, 4) is 0 Å². The molecule has 2 unspecified atom stereocenters. The third-order valence-corrected chi connectivity index (χ3v) is 2.72. The number of aliphatic hydroxyl groups excluding tert-OH is 2. The molecule has 0 aromatic carbocycles. The van der Waals surface area contributed by atoms with Gasteiger partial charge in [-0.25, -0.2) is 0 Å². The summed E-state index contributed by atoms with van der Waals surface area (Å²) in [5.74, 6) is 0. The first-order valence-electron chi connectivity index (χ1n) is 4.86. The van der Waals surface area contributed by atoms with Gasteiger partial charge in [0.1, 0.15) is 18.3 Å². The molecule has 1 aliphatic rings. The molecule has 6 nitrogen and oxygen atoms in total. The van der Waals surface area contributed by atoms with Crippen LogP contribution in [0.5, 0.6) is 0 Å². The van der Waals surface area contributed by atoms with Crippen molar-refractivity contribution in [2.75, 3.05) is 27.9 Å². The predicted octanol–water partition coefficient (Wildman–Crippen LogP) is -1.69. The summed E-state index contributed by atoms with van der Waals surface area (Å²) < 4.78 is 15.7. The molecule has 0 bridgehead atoms. The van der Waals surface area contributed by atoms with Crippen molar-refractivity contribution >= 4 is 0 Å². The first-order chi connectivity index (χ1) is 7.19. The van der Waals surface area contributed by atoms with E-state index < -0.39 is 18.5 Å². The highest BCUT2D eigenvalue weighted by atomic mass is 16.6. The molecule has 1 saturated heterocycles. The summed E-state index contributed by atoms with van der Waals surface area (Å²) in [5, 5.41) is 21.6. The predicted molar refractivity (Wildman–Crippen MR) is 52.4 cm³/mol. The molecule has 1 rings (SSSR count). The van der Waals surface area contributed by atoms with Crippen molar-refractivity contribution in [2.24, 2.45) is 0 Å². The van der Waals surface area contributed by atoms with Gasteiger partial charge in [-0.05, 0) is 7.05 Å². The normalized spacial score (nSPS) is 41.8. The molecule has 1 heterocycles. The maximum Gasteiger partial charge on any atom is 0.173 e. The lowest BCUT2D eigenvalue weighted by Crippen LogP contribution is -2.63. The fourth-order valence-electron chi connectivity index (χ4n) is 1.94. The highest BCUT2D eigenvalue weighted by molar-refractivity contribution is 4.93. The zero-order valence-corrected chi connectivity index (χ0v) is 9.21. The van der Waals surface area contributed by atoms with Crippen LogP contribution in [0.4, 0.5) is 0 Å². The smallest absolute Gasteiger partial charge is 0.173 e. The zero-order chi connectivity index (χ0) is 11.4. The van der Waals surface area contributed by atoms with Gasteiger partial charge in [-0.1, -0.05) is 0 Å². The van der Waals surface area contributed by atoms with Crippen molar-refractivity contribution < 1.29 is 24.4 Å². The number of ether oxygens (including phenoxy) is 3. The summed E-state index contributed by atoms with van der Waals surface area (Å²) in [6.45, 7) is -0.216. The monoisotopic (exact) mass is 221 g/mol. The SMILES string of the molecule is CNC1[C@H](O)OC(CO)[C@@H](OC)[C@@H]1OC. The maximum absolute atomic E-state index is 9.65. The van der Waals surface area contributed by atoms with Crippen molar-refractivity contribution in [3.63, 3.8) is 0 Å². The number of aliphatic hydroxyl groups is 2. The standard InChI is InChI=1S/C9H19NO5/c1-10-6-8(14-3)7(13-2)5(4-11)15-9(6)12/h5-12H,4H2,1-3H3/t5?,6?,7-,8-,9-/m1/s1. The van der Waals surface area contributed by atoms with Crippen molar-refractivity contribution in [1.29, 1.82) is 0 Å². The van der Waals surface area contributed by atoms with Crippen LogP contribution < -0.4 is 5.32 Å². The van der Waals surface area contributed by atoms with Crippen LogP contribution in [0, 0.1) is 0 Å². The highest BCUT2D eigenvalue weighted by Gasteiger charge is 2.45. The van der Waals surface area contributed by atoms with Crippen molar-refractivity contribution in [3.05, 3.63) is 0 Å². The lowest BCUT2D eigenvalue weighted by molar-refractivity contribution is -0.263. The van der Waals surface area contributed by atoms with Gasteiger partial charge in [-0.3, -0.25) is 0 Å². The Bertz CT molecular complexity index is 191. The molecule has 6 heteroatoms. The second-order valence-corrected chi connectivity index (χ2v) is 3.46. The number of likely N-dealkylation sites (N-methyl/N-ethyl adjacent to an activating group) is 1. The van der Waals surface area contributed by atoms with Crippen molar-refractivity contribution in [1.82, 2.24) is 5.32 Å². The van der Waals surface area contributed by atoms with Gasteiger partial charge in [-0.2, -0.15) is 0 Å². The molecule has 0 radical (unpaired) electrons. The van der Waals surface area contributed by atoms with E-state index in [9.17, 15) is 5.11 Å². The molecule has 0 spiro atoms. The molecule has 5 atom stereocenters. The summed E-state index contributed by atoms with van der Waals surface area (Å²) >= 11 is 0. The van der Waals surface area contributed by atoms with E-state index in [1.165, 1.54) is 14.2 Å². The molecule has 0 aromatic rings. The van der Waals surface area contributed by atoms with Crippen LogP contribution in [0.3, 0.4) is 0 Å². The van der Waals surface area contributed by atoms with E-state index in [2.05, 4.69) is 5.32 Å². The Labute approximate surface area is 89.1 Å². The minimum absolute atomic E-state index is 0.216. The van der Waals surface area contributed by atoms with E-state index in [1.54, 1.807) is 7.05 Å². The van der Waals surface area contributed by atoms with Gasteiger partial charge in [0.05, 0.1) is 12.6 Å². The average molecular weight is 221 g/mol. The number of rotatable bonds is 4. The number of nitrogens with one attached hydrogen (secondary N) is 1. The van der Waals surface area contributed by atoms with E-state index in [4.69, 9.17) is 19.3 Å². The summed E-state index contributed by atoms with van der Waals surface area (Å²) in [7, 11) is 4.76. The van der Waals surface area contributed by atoms with E-state index in [-0.39, 0.29) is 18.8 Å². The van der Waals surface area contributed by atoms with E-state index in [1.807, 2.05) is 0 Å². The minimum atomic E-state index is -1.01. The molecule has 3 N–H and O–H groups in total. The molecule has 90 valence electrons. The highest BCUT2D eigenvalue weighted by Crippen LogP contribution is 2.23. The number of methoxy groups -OCH3 is 2. The van der Waals surface area contributed by atoms with Crippen LogP contribution >= 0.6 is 0 Å². The Morgan fingerprint density at radius 2 is 1.87 bits per heavy atom. The second-order valence-electron chi connectivity index (χ2n) is 3.46. The summed E-state index contributed by atoms with van der Waals surface area (Å²) in [5.41, 5.74) is 0. The molecule has 0 amide bonds. The topological polar surface area (TPSA) is 80.2 Å². The largest absolute Gasteiger partial charge is 0.394 e. The Balaban J connectivity index is 2.80. The third kappa shape index (κ3) is 2.47. The van der Waals surface area contributed by atoms with Gasteiger partial charge in [0, 0.05) is 14.2 Å². The fourth-order valence-corrected chi connectivity index (χ4v) is 1.94. The van der Waals surface area contributed by atoms with Crippen LogP contribution in [-0.4, -0.2) is 68.7 Å². The minimum Gasteiger partial charge on any atom is -0.394 e. The van der Waals surface area contributed by atoms with Gasteiger partial charge >= 0.3 is 0 Å². The molecular formula is C9H19NO5. The zero-order valence-electron chi connectivity index (χ0n) is 9.21. The van der Waals surface area contributed by atoms with E-state index in [0.717, 1.165) is 0 Å². The molecule has 0 aliphatic carbocycles. The number of hydrogen-bond acceptors (Lipinski definition) is 6. The van der Waals surface area contributed by atoms with E-state index in [0.29, 0.717) is 0 Å². The lowest BCUT2D eigenvalue weighted by Gasteiger charge is -2.43. The lowest BCUT2D eigenvalue weighted by atomic mass is 9.97. The van der Waals surface area contributed by atoms with E-state index >= 15 is 0 Å². The van der Waals surface area contributed by atoms with Crippen LogP contribution in [0.15, 0.2) is 0 Å². The summed E-state index contributed by atoms with van der Waals surface area (Å²) in [4.78, 5) is 0. The summed E-state index contributed by atoms with van der Waals surface area (Å²) in [6.07, 6.45) is -2.34.